The first-order chi connectivity index (χ1) is 14.4. The molecule has 0 atom stereocenters. The van der Waals surface area contributed by atoms with Gasteiger partial charge >= 0.3 is 11.9 Å². The van der Waals surface area contributed by atoms with Crippen LogP contribution in [0.25, 0.3) is 0 Å². The van der Waals surface area contributed by atoms with Gasteiger partial charge in [0.2, 0.25) is 5.91 Å². The summed E-state index contributed by atoms with van der Waals surface area (Å²) in [5, 5.41) is 5.24. The maximum Gasteiger partial charge on any atom is 0.337 e. The molecule has 2 aromatic rings. The minimum absolute atomic E-state index is 0.0995. The lowest BCUT2D eigenvalue weighted by Gasteiger charge is -2.08. The molecule has 8 nitrogen and oxygen atoms in total. The highest BCUT2D eigenvalue weighted by Crippen LogP contribution is 2.12. The predicted molar refractivity (Wildman–Crippen MR) is 111 cm³/mol. The van der Waals surface area contributed by atoms with Crippen LogP contribution in [0.3, 0.4) is 0 Å². The first-order valence-corrected chi connectivity index (χ1v) is 9.44. The Morgan fingerprint density at radius 1 is 0.800 bits per heavy atom. The van der Waals surface area contributed by atoms with Crippen LogP contribution in [0.4, 0.5) is 11.4 Å². The molecule has 0 radical (unpaired) electrons. The van der Waals surface area contributed by atoms with Gasteiger partial charge in [0.15, 0.2) is 6.61 Å². The van der Waals surface area contributed by atoms with Gasteiger partial charge in [-0.15, -0.1) is 0 Å². The average molecular weight is 412 g/mol. The molecule has 2 aromatic carbocycles. The fraction of sp³-hybridized carbons (Fsp3) is 0.273. The number of amides is 2. The largest absolute Gasteiger partial charge is 0.465 e. The summed E-state index contributed by atoms with van der Waals surface area (Å²) in [5.41, 5.74) is 2.61. The van der Waals surface area contributed by atoms with Crippen molar-refractivity contribution in [2.24, 2.45) is 0 Å². The van der Waals surface area contributed by atoms with Crippen LogP contribution < -0.4 is 10.6 Å². The minimum atomic E-state index is -0.650. The van der Waals surface area contributed by atoms with Crippen molar-refractivity contribution in [3.63, 3.8) is 0 Å². The molecular weight excluding hydrogens is 388 g/mol. The number of esters is 2. The number of rotatable bonds is 9. The number of hydrogen-bond donors (Lipinski definition) is 2. The number of anilines is 2. The van der Waals surface area contributed by atoms with Crippen LogP contribution in [0.15, 0.2) is 48.5 Å². The van der Waals surface area contributed by atoms with E-state index in [9.17, 15) is 19.2 Å². The molecule has 0 heterocycles. The van der Waals surface area contributed by atoms with Gasteiger partial charge in [-0.25, -0.2) is 4.79 Å². The van der Waals surface area contributed by atoms with Gasteiger partial charge in [0.25, 0.3) is 5.91 Å². The summed E-state index contributed by atoms with van der Waals surface area (Å²) in [6.45, 7) is 1.61. The van der Waals surface area contributed by atoms with Crippen molar-refractivity contribution in [2.75, 3.05) is 24.4 Å². The van der Waals surface area contributed by atoms with Gasteiger partial charge in [0.05, 0.1) is 19.1 Å². The van der Waals surface area contributed by atoms with Gasteiger partial charge in [-0.2, -0.15) is 0 Å². The fourth-order valence-corrected chi connectivity index (χ4v) is 2.49. The van der Waals surface area contributed by atoms with Gasteiger partial charge in [-0.1, -0.05) is 19.1 Å². The van der Waals surface area contributed by atoms with Crippen molar-refractivity contribution in [3.05, 3.63) is 59.7 Å². The smallest absolute Gasteiger partial charge is 0.337 e. The molecule has 158 valence electrons. The summed E-state index contributed by atoms with van der Waals surface area (Å²) in [6, 6.07) is 13.5. The lowest BCUT2D eigenvalue weighted by atomic mass is 10.1. The summed E-state index contributed by atoms with van der Waals surface area (Å²) in [7, 11) is 1.28. The Labute approximate surface area is 174 Å². The summed E-state index contributed by atoms with van der Waals surface area (Å²) < 4.78 is 9.49. The number of methoxy groups -OCH3 is 1. The molecule has 0 saturated carbocycles. The summed E-state index contributed by atoms with van der Waals surface area (Å²) in [4.78, 5) is 46.9. The molecule has 2 amide bonds. The maximum absolute atomic E-state index is 11.9. The zero-order valence-corrected chi connectivity index (χ0v) is 16.9. The first-order valence-electron chi connectivity index (χ1n) is 9.44. The number of benzene rings is 2. The van der Waals surface area contributed by atoms with Crippen LogP contribution in [-0.4, -0.2) is 37.5 Å². The van der Waals surface area contributed by atoms with E-state index in [1.165, 1.54) is 19.2 Å². The van der Waals surface area contributed by atoms with E-state index in [1.807, 2.05) is 19.1 Å². The Balaban J connectivity index is 1.68. The quantitative estimate of drug-likeness (QED) is 0.613. The molecule has 0 spiro atoms. The third-order valence-electron chi connectivity index (χ3n) is 4.16. The Hall–Kier alpha value is -3.68. The maximum atomic E-state index is 11.9. The van der Waals surface area contributed by atoms with E-state index in [0.29, 0.717) is 16.9 Å². The van der Waals surface area contributed by atoms with E-state index in [-0.39, 0.29) is 12.8 Å². The predicted octanol–water partition coefficient (Wildman–Crippen LogP) is 2.94. The Morgan fingerprint density at radius 2 is 1.37 bits per heavy atom. The third-order valence-corrected chi connectivity index (χ3v) is 4.16. The highest BCUT2D eigenvalue weighted by atomic mass is 16.5. The molecule has 0 aliphatic rings. The normalized spacial score (nSPS) is 10.1. The molecule has 8 heteroatoms. The molecule has 0 aliphatic carbocycles. The molecule has 2 rings (SSSR count). The number of aryl methyl sites for hydroxylation is 1. The monoisotopic (exact) mass is 412 g/mol. The number of carbonyl (C=O) groups excluding carboxylic acids is 4. The van der Waals surface area contributed by atoms with Crippen molar-refractivity contribution in [1.82, 2.24) is 0 Å². The molecule has 0 aromatic heterocycles. The Bertz CT molecular complexity index is 891. The molecule has 0 saturated heterocycles. The van der Waals surface area contributed by atoms with Gasteiger partial charge in [-0.05, 0) is 48.4 Å². The van der Waals surface area contributed by atoms with Crippen molar-refractivity contribution in [2.45, 2.75) is 26.2 Å². The molecule has 2 N–H and O–H groups in total. The molecule has 0 unspecified atom stereocenters. The van der Waals surface area contributed by atoms with Crippen LogP contribution in [0.2, 0.25) is 0 Å². The van der Waals surface area contributed by atoms with E-state index < -0.39 is 30.4 Å². The van der Waals surface area contributed by atoms with Gasteiger partial charge in [0, 0.05) is 17.8 Å². The lowest BCUT2D eigenvalue weighted by molar-refractivity contribution is -0.147. The number of hydrogen-bond acceptors (Lipinski definition) is 6. The fourth-order valence-electron chi connectivity index (χ4n) is 2.49. The van der Waals surface area contributed by atoms with E-state index >= 15 is 0 Å². The highest BCUT2D eigenvalue weighted by molar-refractivity contribution is 5.95. The zero-order valence-electron chi connectivity index (χ0n) is 16.9. The van der Waals surface area contributed by atoms with Crippen LogP contribution in [0, 0.1) is 0 Å². The van der Waals surface area contributed by atoms with Crippen molar-refractivity contribution >= 4 is 35.1 Å². The summed E-state index contributed by atoms with van der Waals surface area (Å²) in [5.74, 6) is -1.97. The highest BCUT2D eigenvalue weighted by Gasteiger charge is 2.11. The summed E-state index contributed by atoms with van der Waals surface area (Å²) in [6.07, 6.45) is 0.639. The number of carbonyl (C=O) groups is 4. The Kier molecular flexibility index (Phi) is 8.56. The standard InChI is InChI=1S/C22H24N2O6/c1-3-15-4-8-17(9-5-15)24-20(26)14-30-21(27)13-12-19(25)23-18-10-6-16(7-11-18)22(28)29-2/h4-11H,3,12-14H2,1-2H3,(H,23,25)(H,24,26). The van der Waals surface area contributed by atoms with Gasteiger partial charge in [0.1, 0.15) is 0 Å². The lowest BCUT2D eigenvalue weighted by Crippen LogP contribution is -2.21. The second-order valence-electron chi connectivity index (χ2n) is 6.38. The molecule has 0 aliphatic heterocycles. The third kappa shape index (κ3) is 7.38. The Morgan fingerprint density at radius 3 is 1.93 bits per heavy atom. The first kappa shape index (κ1) is 22.6. The van der Waals surface area contributed by atoms with Crippen molar-refractivity contribution in [1.29, 1.82) is 0 Å². The van der Waals surface area contributed by atoms with E-state index in [1.54, 1.807) is 24.3 Å². The van der Waals surface area contributed by atoms with Gasteiger partial charge < -0.3 is 20.1 Å². The minimum Gasteiger partial charge on any atom is -0.465 e. The molecular formula is C22H24N2O6. The van der Waals surface area contributed by atoms with E-state index in [4.69, 9.17) is 4.74 Å². The second kappa shape index (κ2) is 11.4. The van der Waals surface area contributed by atoms with E-state index in [2.05, 4.69) is 15.4 Å². The molecule has 30 heavy (non-hydrogen) atoms. The average Bonchev–Trinajstić information content (AvgIpc) is 2.76. The van der Waals surface area contributed by atoms with Crippen molar-refractivity contribution in [3.8, 4) is 0 Å². The number of nitrogens with one attached hydrogen (secondary N) is 2. The van der Waals surface area contributed by atoms with Gasteiger partial charge in [-0.3, -0.25) is 14.4 Å². The second-order valence-corrected chi connectivity index (χ2v) is 6.38. The molecule has 0 fully saturated rings. The van der Waals surface area contributed by atoms with Crippen LogP contribution in [-0.2, 0) is 30.3 Å². The van der Waals surface area contributed by atoms with Crippen LogP contribution in [0.5, 0.6) is 0 Å². The van der Waals surface area contributed by atoms with Crippen LogP contribution in [0.1, 0.15) is 35.7 Å². The van der Waals surface area contributed by atoms with Crippen LogP contribution >= 0.6 is 0 Å². The number of ether oxygens (including phenoxy) is 2. The van der Waals surface area contributed by atoms with E-state index in [0.717, 1.165) is 12.0 Å². The molecule has 0 bridgehead atoms. The zero-order chi connectivity index (χ0) is 21.9. The van der Waals surface area contributed by atoms with Crippen molar-refractivity contribution < 1.29 is 28.7 Å². The summed E-state index contributed by atoms with van der Waals surface area (Å²) >= 11 is 0. The topological polar surface area (TPSA) is 111 Å². The SMILES string of the molecule is CCc1ccc(NC(=O)COC(=O)CCC(=O)Nc2ccc(C(=O)OC)cc2)cc1.